The molecule has 0 saturated heterocycles. The van der Waals surface area contributed by atoms with Gasteiger partial charge in [0.2, 0.25) is 0 Å². The summed E-state index contributed by atoms with van der Waals surface area (Å²) >= 11 is 0. The first-order chi connectivity index (χ1) is 6.75. The molecule has 0 aliphatic heterocycles. The third kappa shape index (κ3) is 2.03. The Kier molecular flexibility index (Phi) is 2.66. The number of nitrogens with zero attached hydrogens (tertiary/aromatic N) is 2. The molecule has 2 unspecified atom stereocenters. The highest BCUT2D eigenvalue weighted by atomic mass is 15.0. The van der Waals surface area contributed by atoms with Gasteiger partial charge < -0.3 is 5.32 Å². The third-order valence-corrected chi connectivity index (χ3v) is 2.92. The minimum atomic E-state index is 0.598. The summed E-state index contributed by atoms with van der Waals surface area (Å²) < 4.78 is 0. The lowest BCUT2D eigenvalue weighted by Gasteiger charge is -2.13. The van der Waals surface area contributed by atoms with Crippen molar-refractivity contribution in [2.24, 2.45) is 5.92 Å². The van der Waals surface area contributed by atoms with E-state index in [1.165, 1.54) is 19.3 Å². The maximum atomic E-state index is 4.29. The lowest BCUT2D eigenvalue weighted by molar-refractivity contribution is 0.602. The van der Waals surface area contributed by atoms with Gasteiger partial charge in [-0.15, -0.1) is 0 Å². The summed E-state index contributed by atoms with van der Waals surface area (Å²) in [5, 5.41) is 3.47. The molecular formula is C11H17N3. The van der Waals surface area contributed by atoms with Crippen LogP contribution in [0.5, 0.6) is 0 Å². The molecule has 1 heterocycles. The zero-order valence-electron chi connectivity index (χ0n) is 8.83. The first kappa shape index (κ1) is 9.44. The van der Waals surface area contributed by atoms with Gasteiger partial charge in [-0.1, -0.05) is 6.92 Å². The van der Waals surface area contributed by atoms with E-state index in [1.54, 1.807) is 12.4 Å². The molecule has 0 amide bonds. The second-order valence-electron chi connectivity index (χ2n) is 4.25. The molecule has 1 aromatic rings. The number of hydrogen-bond donors (Lipinski definition) is 1. The van der Waals surface area contributed by atoms with E-state index < -0.39 is 0 Å². The fraction of sp³-hybridized carbons (Fsp3) is 0.636. The van der Waals surface area contributed by atoms with Crippen LogP contribution in [-0.4, -0.2) is 16.0 Å². The lowest BCUT2D eigenvalue weighted by Crippen LogP contribution is -2.17. The van der Waals surface area contributed by atoms with Crippen LogP contribution in [0.4, 0.5) is 5.82 Å². The molecule has 3 heteroatoms. The quantitative estimate of drug-likeness (QED) is 0.780. The van der Waals surface area contributed by atoms with E-state index in [4.69, 9.17) is 0 Å². The molecule has 1 aliphatic rings. The van der Waals surface area contributed by atoms with Crippen molar-refractivity contribution in [2.45, 2.75) is 39.2 Å². The number of aromatic nitrogens is 2. The van der Waals surface area contributed by atoms with Crippen LogP contribution in [0.3, 0.4) is 0 Å². The summed E-state index contributed by atoms with van der Waals surface area (Å²) in [7, 11) is 0. The molecule has 1 fully saturated rings. The molecule has 0 spiro atoms. The van der Waals surface area contributed by atoms with E-state index in [0.29, 0.717) is 6.04 Å². The van der Waals surface area contributed by atoms with Crippen molar-refractivity contribution in [3.8, 4) is 0 Å². The molecule has 14 heavy (non-hydrogen) atoms. The van der Waals surface area contributed by atoms with Gasteiger partial charge in [0.15, 0.2) is 0 Å². The Labute approximate surface area is 85.0 Å². The van der Waals surface area contributed by atoms with Crippen molar-refractivity contribution < 1.29 is 0 Å². The van der Waals surface area contributed by atoms with Crippen LogP contribution in [0.15, 0.2) is 12.4 Å². The van der Waals surface area contributed by atoms with Crippen molar-refractivity contribution in [1.29, 1.82) is 0 Å². The highest BCUT2D eigenvalue weighted by Gasteiger charge is 2.21. The highest BCUT2D eigenvalue weighted by molar-refractivity contribution is 5.39. The monoisotopic (exact) mass is 191 g/mol. The van der Waals surface area contributed by atoms with Gasteiger partial charge in [-0.2, -0.15) is 0 Å². The summed E-state index contributed by atoms with van der Waals surface area (Å²) in [6.07, 6.45) is 7.33. The standard InChI is InChI=1S/C11H17N3/c1-8-3-4-10(7-8)14-11-9(2)12-5-6-13-11/h5-6,8,10H,3-4,7H2,1-2H3,(H,13,14). The van der Waals surface area contributed by atoms with Gasteiger partial charge in [0.25, 0.3) is 0 Å². The van der Waals surface area contributed by atoms with E-state index in [9.17, 15) is 0 Å². The predicted octanol–water partition coefficient (Wildman–Crippen LogP) is 2.39. The topological polar surface area (TPSA) is 37.8 Å². The Hall–Kier alpha value is -1.12. The van der Waals surface area contributed by atoms with E-state index in [-0.39, 0.29) is 0 Å². The van der Waals surface area contributed by atoms with Crippen LogP contribution in [0.25, 0.3) is 0 Å². The molecule has 0 aromatic carbocycles. The van der Waals surface area contributed by atoms with Crippen molar-refractivity contribution in [3.05, 3.63) is 18.1 Å². The number of hydrogen-bond acceptors (Lipinski definition) is 3. The number of nitrogens with one attached hydrogen (secondary N) is 1. The Bertz CT molecular complexity index is 311. The number of rotatable bonds is 2. The second-order valence-corrected chi connectivity index (χ2v) is 4.25. The maximum Gasteiger partial charge on any atom is 0.147 e. The van der Waals surface area contributed by atoms with Crippen LogP contribution in [0, 0.1) is 12.8 Å². The molecule has 3 nitrogen and oxygen atoms in total. The smallest absolute Gasteiger partial charge is 0.147 e. The molecule has 2 atom stereocenters. The first-order valence-corrected chi connectivity index (χ1v) is 5.30. The average Bonchev–Trinajstić information content (AvgIpc) is 2.56. The zero-order valence-corrected chi connectivity index (χ0v) is 8.83. The molecule has 0 radical (unpaired) electrons. The molecule has 1 aliphatic carbocycles. The van der Waals surface area contributed by atoms with Crippen LogP contribution in [0.1, 0.15) is 31.9 Å². The van der Waals surface area contributed by atoms with Gasteiger partial charge in [0, 0.05) is 18.4 Å². The third-order valence-electron chi connectivity index (χ3n) is 2.92. The van der Waals surface area contributed by atoms with Crippen LogP contribution in [-0.2, 0) is 0 Å². The van der Waals surface area contributed by atoms with Crippen molar-refractivity contribution in [1.82, 2.24) is 9.97 Å². The van der Waals surface area contributed by atoms with Crippen molar-refractivity contribution >= 4 is 5.82 Å². The maximum absolute atomic E-state index is 4.29. The Morgan fingerprint density at radius 3 is 2.71 bits per heavy atom. The van der Waals surface area contributed by atoms with Gasteiger partial charge in [-0.3, -0.25) is 4.98 Å². The van der Waals surface area contributed by atoms with Gasteiger partial charge in [-0.05, 0) is 32.1 Å². The van der Waals surface area contributed by atoms with E-state index in [0.717, 1.165) is 17.4 Å². The normalized spacial score (nSPS) is 26.4. The SMILES string of the molecule is Cc1nccnc1NC1CCC(C)C1. The largest absolute Gasteiger partial charge is 0.366 e. The van der Waals surface area contributed by atoms with E-state index >= 15 is 0 Å². The summed E-state index contributed by atoms with van der Waals surface area (Å²) in [5.41, 5.74) is 0.993. The van der Waals surface area contributed by atoms with E-state index in [2.05, 4.69) is 22.2 Å². The molecule has 1 aromatic heterocycles. The summed E-state index contributed by atoms with van der Waals surface area (Å²) in [6.45, 7) is 4.30. The van der Waals surface area contributed by atoms with Gasteiger partial charge in [0.05, 0.1) is 5.69 Å². The number of anilines is 1. The predicted molar refractivity (Wildman–Crippen MR) is 57.2 cm³/mol. The highest BCUT2D eigenvalue weighted by Crippen LogP contribution is 2.27. The molecule has 1 N–H and O–H groups in total. The lowest BCUT2D eigenvalue weighted by atomic mass is 10.1. The molecule has 1 saturated carbocycles. The molecule has 2 rings (SSSR count). The Balaban J connectivity index is 2.01. The summed E-state index contributed by atoms with van der Waals surface area (Å²) in [6, 6.07) is 0.598. The summed E-state index contributed by atoms with van der Waals surface area (Å²) in [5.74, 6) is 1.80. The summed E-state index contributed by atoms with van der Waals surface area (Å²) in [4.78, 5) is 8.51. The number of aryl methyl sites for hydroxylation is 1. The Morgan fingerprint density at radius 1 is 1.29 bits per heavy atom. The second kappa shape index (κ2) is 3.95. The molecule has 0 bridgehead atoms. The van der Waals surface area contributed by atoms with Gasteiger partial charge in [0.1, 0.15) is 5.82 Å². The minimum Gasteiger partial charge on any atom is -0.366 e. The molecular weight excluding hydrogens is 174 g/mol. The van der Waals surface area contributed by atoms with Gasteiger partial charge >= 0.3 is 0 Å². The average molecular weight is 191 g/mol. The Morgan fingerprint density at radius 2 is 2.07 bits per heavy atom. The van der Waals surface area contributed by atoms with Crippen molar-refractivity contribution in [3.63, 3.8) is 0 Å². The fourth-order valence-corrected chi connectivity index (χ4v) is 2.08. The van der Waals surface area contributed by atoms with Crippen LogP contribution < -0.4 is 5.32 Å². The minimum absolute atomic E-state index is 0.598. The van der Waals surface area contributed by atoms with E-state index in [1.807, 2.05) is 6.92 Å². The van der Waals surface area contributed by atoms with Crippen LogP contribution >= 0.6 is 0 Å². The van der Waals surface area contributed by atoms with Gasteiger partial charge in [-0.25, -0.2) is 4.98 Å². The fourth-order valence-electron chi connectivity index (χ4n) is 2.08. The van der Waals surface area contributed by atoms with Crippen LogP contribution in [0.2, 0.25) is 0 Å². The van der Waals surface area contributed by atoms with Crippen molar-refractivity contribution in [2.75, 3.05) is 5.32 Å². The molecule has 76 valence electrons. The first-order valence-electron chi connectivity index (χ1n) is 5.30. The zero-order chi connectivity index (χ0) is 9.97.